The molecule has 30 heavy (non-hydrogen) atoms. The summed E-state index contributed by atoms with van der Waals surface area (Å²) in [6.45, 7) is 8.82. The molecule has 0 aliphatic heterocycles. The van der Waals surface area contributed by atoms with Crippen molar-refractivity contribution in [3.05, 3.63) is 57.6 Å². The summed E-state index contributed by atoms with van der Waals surface area (Å²) in [6.07, 6.45) is 3.44. The third-order valence-corrected chi connectivity index (χ3v) is 5.14. The zero-order valence-corrected chi connectivity index (χ0v) is 18.9. The van der Waals surface area contributed by atoms with Crippen LogP contribution in [0.3, 0.4) is 0 Å². The van der Waals surface area contributed by atoms with Gasteiger partial charge in [0.05, 0.1) is 10.7 Å². The minimum Gasteiger partial charge on any atom is -0.492 e. The molecule has 9 heteroatoms. The van der Waals surface area contributed by atoms with Crippen LogP contribution in [0.15, 0.2) is 41.3 Å². The van der Waals surface area contributed by atoms with E-state index >= 15 is 0 Å². The highest BCUT2D eigenvalue weighted by atomic mass is 35.5. The molecule has 3 rings (SSSR count). The summed E-state index contributed by atoms with van der Waals surface area (Å²) in [5, 5.41) is 10.3. The molecule has 3 aromatic rings. The lowest BCUT2D eigenvalue weighted by molar-refractivity contribution is 0.223. The van der Waals surface area contributed by atoms with Crippen LogP contribution in [0.25, 0.3) is 5.65 Å². The molecule has 0 aliphatic carbocycles. The predicted octanol–water partition coefficient (Wildman–Crippen LogP) is 3.86. The lowest BCUT2D eigenvalue weighted by atomic mass is 10.1. The fourth-order valence-corrected chi connectivity index (χ4v) is 3.41. The summed E-state index contributed by atoms with van der Waals surface area (Å²) >= 11 is 6.09. The number of anilines is 1. The first-order chi connectivity index (χ1) is 14.1. The van der Waals surface area contributed by atoms with Gasteiger partial charge in [0.2, 0.25) is 0 Å². The summed E-state index contributed by atoms with van der Waals surface area (Å²) in [7, 11) is 0. The maximum Gasteiger partial charge on any atom is 0.347 e. The highest BCUT2D eigenvalue weighted by molar-refractivity contribution is 6.30. The maximum absolute atomic E-state index is 11.7. The largest absolute Gasteiger partial charge is 0.492 e. The molecule has 164 valence electrons. The molecular formula is C21H29Cl2N5O2. The number of rotatable bonds is 11. The van der Waals surface area contributed by atoms with Gasteiger partial charge in [-0.15, -0.1) is 12.4 Å². The highest BCUT2D eigenvalue weighted by Crippen LogP contribution is 2.19. The van der Waals surface area contributed by atoms with Gasteiger partial charge >= 0.3 is 5.69 Å². The highest BCUT2D eigenvalue weighted by Gasteiger charge is 2.07. The fourth-order valence-electron chi connectivity index (χ4n) is 3.21. The molecule has 0 spiro atoms. The fraction of sp³-hybridized carbons (Fsp3) is 0.429. The van der Waals surface area contributed by atoms with Crippen molar-refractivity contribution in [2.75, 3.05) is 38.1 Å². The zero-order chi connectivity index (χ0) is 20.6. The predicted molar refractivity (Wildman–Crippen MR) is 125 cm³/mol. The number of ether oxygens (including phenoxy) is 1. The van der Waals surface area contributed by atoms with Crippen molar-refractivity contribution in [3.63, 3.8) is 0 Å². The second kappa shape index (κ2) is 11.8. The van der Waals surface area contributed by atoms with Gasteiger partial charge in [-0.3, -0.25) is 0 Å². The average molecular weight is 454 g/mol. The van der Waals surface area contributed by atoms with Gasteiger partial charge in [0.25, 0.3) is 0 Å². The Labute approximate surface area is 187 Å². The molecule has 0 unspecified atom stereocenters. The molecule has 2 heterocycles. The lowest BCUT2D eigenvalue weighted by Crippen LogP contribution is -2.27. The number of benzene rings is 1. The second-order valence-electron chi connectivity index (χ2n) is 6.84. The second-order valence-corrected chi connectivity index (χ2v) is 7.28. The smallest absolute Gasteiger partial charge is 0.347 e. The first-order valence-corrected chi connectivity index (χ1v) is 10.4. The lowest BCUT2D eigenvalue weighted by Gasteiger charge is -2.18. The molecule has 1 aromatic carbocycles. The molecule has 0 radical (unpaired) electrons. The molecule has 0 bridgehead atoms. The summed E-state index contributed by atoms with van der Waals surface area (Å²) in [6, 6.07) is 10.1. The van der Waals surface area contributed by atoms with Crippen molar-refractivity contribution in [3.8, 4) is 5.75 Å². The summed E-state index contributed by atoms with van der Waals surface area (Å²) < 4.78 is 7.23. The van der Waals surface area contributed by atoms with Crippen LogP contribution in [0.1, 0.15) is 25.8 Å². The Bertz CT molecular complexity index is 968. The van der Waals surface area contributed by atoms with Crippen LogP contribution in [0.5, 0.6) is 5.75 Å². The van der Waals surface area contributed by atoms with Crippen molar-refractivity contribution < 1.29 is 4.74 Å². The van der Waals surface area contributed by atoms with E-state index in [0.717, 1.165) is 50.5 Å². The normalized spacial score (nSPS) is 10.9. The van der Waals surface area contributed by atoms with Gasteiger partial charge in [0, 0.05) is 19.3 Å². The van der Waals surface area contributed by atoms with Crippen molar-refractivity contribution in [1.29, 1.82) is 0 Å². The number of halogens is 2. The third kappa shape index (κ3) is 6.39. The molecule has 0 amide bonds. The van der Waals surface area contributed by atoms with Crippen molar-refractivity contribution in [2.45, 2.75) is 26.7 Å². The number of pyridine rings is 1. The van der Waals surface area contributed by atoms with E-state index in [1.54, 1.807) is 12.3 Å². The molecule has 0 atom stereocenters. The van der Waals surface area contributed by atoms with Crippen LogP contribution in [0.4, 0.5) is 5.69 Å². The molecular weight excluding hydrogens is 425 g/mol. The van der Waals surface area contributed by atoms with E-state index in [1.807, 2.05) is 12.1 Å². The van der Waals surface area contributed by atoms with E-state index in [1.165, 1.54) is 9.96 Å². The van der Waals surface area contributed by atoms with E-state index in [-0.39, 0.29) is 18.1 Å². The van der Waals surface area contributed by atoms with Crippen molar-refractivity contribution in [2.24, 2.45) is 0 Å². The van der Waals surface area contributed by atoms with Crippen molar-refractivity contribution >= 4 is 35.3 Å². The van der Waals surface area contributed by atoms with Crippen LogP contribution in [-0.4, -0.2) is 52.3 Å². The van der Waals surface area contributed by atoms with E-state index < -0.39 is 0 Å². The summed E-state index contributed by atoms with van der Waals surface area (Å²) in [4.78, 5) is 14.0. The van der Waals surface area contributed by atoms with Gasteiger partial charge in [-0.25, -0.2) is 14.3 Å². The Hall–Kier alpha value is -2.22. The standard InChI is InChI=1S/C21H28ClN5O2.ClH/c1-3-26(4-2)12-13-29-18-9-7-16(8-10-18)6-5-11-23-19-14-17(22)15-27-20(19)24-25-21(27)28;/h7-10,14-15,23H,3-6,11-13H2,1-2H3,(H,25,28);1H. The number of hydrogen-bond donors (Lipinski definition) is 2. The van der Waals surface area contributed by atoms with Gasteiger partial charge in [0.1, 0.15) is 12.4 Å². The first-order valence-electron chi connectivity index (χ1n) is 10.0. The topological polar surface area (TPSA) is 74.7 Å². The van der Waals surface area contributed by atoms with Gasteiger partial charge < -0.3 is 15.0 Å². The van der Waals surface area contributed by atoms with Gasteiger partial charge in [-0.05, 0) is 49.7 Å². The Balaban J connectivity index is 0.00000320. The van der Waals surface area contributed by atoms with Crippen molar-refractivity contribution in [1.82, 2.24) is 19.5 Å². The number of H-pyrrole nitrogens is 1. The summed E-state index contributed by atoms with van der Waals surface area (Å²) in [5.74, 6) is 0.907. The quantitative estimate of drug-likeness (QED) is 0.431. The molecule has 0 saturated carbocycles. The molecule has 0 aliphatic rings. The summed E-state index contributed by atoms with van der Waals surface area (Å²) in [5.41, 5.74) is 2.25. The number of fused-ring (bicyclic) bond motifs is 1. The van der Waals surface area contributed by atoms with Gasteiger partial charge in [-0.2, -0.15) is 5.10 Å². The maximum atomic E-state index is 11.7. The molecule has 0 fully saturated rings. The van der Waals surface area contributed by atoms with Gasteiger partial charge in [-0.1, -0.05) is 37.6 Å². The number of aromatic amines is 1. The number of aryl methyl sites for hydroxylation is 1. The number of hydrogen-bond acceptors (Lipinski definition) is 5. The number of nitrogens with one attached hydrogen (secondary N) is 2. The Kier molecular flexibility index (Phi) is 9.49. The average Bonchev–Trinajstić information content (AvgIpc) is 3.10. The molecule has 2 aromatic heterocycles. The monoisotopic (exact) mass is 453 g/mol. The number of nitrogens with zero attached hydrogens (tertiary/aromatic N) is 3. The Morgan fingerprint density at radius 2 is 1.97 bits per heavy atom. The SMILES string of the molecule is CCN(CC)CCOc1ccc(CCCNc2cc(Cl)cn3c(=O)[nH]nc23)cc1.Cl. The Morgan fingerprint density at radius 3 is 2.67 bits per heavy atom. The van der Waals surface area contributed by atoms with Crippen LogP contribution < -0.4 is 15.7 Å². The minimum atomic E-state index is -0.301. The van der Waals surface area contributed by atoms with Crippen LogP contribution in [0, 0.1) is 0 Å². The van der Waals surface area contributed by atoms with E-state index in [2.05, 4.69) is 46.4 Å². The van der Waals surface area contributed by atoms with E-state index in [9.17, 15) is 4.79 Å². The van der Waals surface area contributed by atoms with E-state index in [0.29, 0.717) is 17.3 Å². The molecule has 7 nitrogen and oxygen atoms in total. The number of aromatic nitrogens is 3. The van der Waals surface area contributed by atoms with Crippen LogP contribution >= 0.6 is 24.0 Å². The molecule has 0 saturated heterocycles. The van der Waals surface area contributed by atoms with Crippen LogP contribution in [-0.2, 0) is 6.42 Å². The van der Waals surface area contributed by atoms with Crippen LogP contribution in [0.2, 0.25) is 5.02 Å². The molecule has 2 N–H and O–H groups in total. The van der Waals surface area contributed by atoms with E-state index in [4.69, 9.17) is 16.3 Å². The number of likely N-dealkylation sites (N-methyl/N-ethyl adjacent to an activating group) is 1. The first kappa shape index (κ1) is 24.1. The van der Waals surface area contributed by atoms with Gasteiger partial charge in [0.15, 0.2) is 5.65 Å². The third-order valence-electron chi connectivity index (χ3n) is 4.93. The minimum absolute atomic E-state index is 0. The zero-order valence-electron chi connectivity index (χ0n) is 17.4. The Morgan fingerprint density at radius 1 is 1.23 bits per heavy atom.